The molecule has 1 unspecified atom stereocenters. The fourth-order valence-corrected chi connectivity index (χ4v) is 3.40. The Kier molecular flexibility index (Phi) is 6.63. The normalized spacial score (nSPS) is 14.9. The van der Waals surface area contributed by atoms with Gasteiger partial charge in [0.2, 0.25) is 5.91 Å². The van der Waals surface area contributed by atoms with Crippen molar-refractivity contribution in [1.82, 2.24) is 0 Å². The molecule has 1 amide bonds. The van der Waals surface area contributed by atoms with Crippen molar-refractivity contribution in [3.05, 3.63) is 42.5 Å². The fraction of sp³-hybridized carbons (Fsp3) is 0.409. The first kappa shape index (κ1) is 19.9. The number of hydrogen-bond donors (Lipinski definition) is 2. The third-order valence-electron chi connectivity index (χ3n) is 5.02. The van der Waals surface area contributed by atoms with Crippen LogP contribution in [0.25, 0.3) is 0 Å². The van der Waals surface area contributed by atoms with E-state index >= 15 is 0 Å². The van der Waals surface area contributed by atoms with Gasteiger partial charge in [0.15, 0.2) is 11.5 Å². The largest absolute Gasteiger partial charge is 0.493 e. The standard InChI is InChI=1S/C22H29N3O3/c1-16(22(26)24-18-9-12-20(27-2)21(15-18)28-3)23-17-7-10-19(11-8-17)25-13-5-4-6-14-25/h7-12,15-16,23H,4-6,13-14H2,1-3H3,(H,24,26). The molecule has 1 heterocycles. The van der Waals surface area contributed by atoms with Gasteiger partial charge in [-0.25, -0.2) is 0 Å². The molecule has 1 aliphatic heterocycles. The summed E-state index contributed by atoms with van der Waals surface area (Å²) in [6, 6.07) is 13.2. The van der Waals surface area contributed by atoms with Gasteiger partial charge < -0.3 is 25.0 Å². The van der Waals surface area contributed by atoms with Crippen molar-refractivity contribution < 1.29 is 14.3 Å². The van der Waals surface area contributed by atoms with E-state index in [1.54, 1.807) is 32.4 Å². The molecular weight excluding hydrogens is 354 g/mol. The Bertz CT molecular complexity index is 786. The van der Waals surface area contributed by atoms with Gasteiger partial charge in [0.25, 0.3) is 0 Å². The number of benzene rings is 2. The SMILES string of the molecule is COc1ccc(NC(=O)C(C)Nc2ccc(N3CCCCC3)cc2)cc1OC. The molecule has 1 saturated heterocycles. The van der Waals surface area contributed by atoms with Gasteiger partial charge in [-0.05, 0) is 62.6 Å². The number of carbonyl (C=O) groups is 1. The molecule has 1 fully saturated rings. The highest BCUT2D eigenvalue weighted by molar-refractivity contribution is 5.96. The average molecular weight is 383 g/mol. The molecule has 2 aromatic carbocycles. The highest BCUT2D eigenvalue weighted by Gasteiger charge is 2.15. The van der Waals surface area contributed by atoms with E-state index in [2.05, 4.69) is 27.7 Å². The first-order valence-corrected chi connectivity index (χ1v) is 9.75. The number of nitrogens with zero attached hydrogens (tertiary/aromatic N) is 1. The Hall–Kier alpha value is -2.89. The van der Waals surface area contributed by atoms with Gasteiger partial charge >= 0.3 is 0 Å². The summed E-state index contributed by atoms with van der Waals surface area (Å²) in [6.45, 7) is 4.09. The first-order chi connectivity index (χ1) is 13.6. The number of carbonyl (C=O) groups excluding carboxylic acids is 1. The summed E-state index contributed by atoms with van der Waals surface area (Å²) in [5.41, 5.74) is 2.83. The zero-order chi connectivity index (χ0) is 19.9. The van der Waals surface area contributed by atoms with Crippen LogP contribution in [0.15, 0.2) is 42.5 Å². The number of anilines is 3. The quantitative estimate of drug-likeness (QED) is 0.753. The summed E-state index contributed by atoms with van der Waals surface area (Å²) in [7, 11) is 3.15. The molecule has 0 aliphatic carbocycles. The second-order valence-electron chi connectivity index (χ2n) is 7.02. The van der Waals surface area contributed by atoms with E-state index < -0.39 is 0 Å². The third kappa shape index (κ3) is 4.88. The minimum Gasteiger partial charge on any atom is -0.493 e. The molecule has 0 aromatic heterocycles. The second-order valence-corrected chi connectivity index (χ2v) is 7.02. The summed E-state index contributed by atoms with van der Waals surface area (Å²) in [5, 5.41) is 6.16. The van der Waals surface area contributed by atoms with Crippen LogP contribution in [-0.4, -0.2) is 39.3 Å². The van der Waals surface area contributed by atoms with E-state index in [0.717, 1.165) is 18.8 Å². The number of piperidine rings is 1. The van der Waals surface area contributed by atoms with Crippen LogP contribution in [0.3, 0.4) is 0 Å². The highest BCUT2D eigenvalue weighted by Crippen LogP contribution is 2.30. The summed E-state index contributed by atoms with van der Waals surface area (Å²) >= 11 is 0. The maximum absolute atomic E-state index is 12.5. The van der Waals surface area contributed by atoms with Crippen LogP contribution >= 0.6 is 0 Å². The van der Waals surface area contributed by atoms with Gasteiger partial charge in [-0.2, -0.15) is 0 Å². The summed E-state index contributed by atoms with van der Waals surface area (Å²) < 4.78 is 10.5. The van der Waals surface area contributed by atoms with Gasteiger partial charge in [-0.3, -0.25) is 4.79 Å². The number of ether oxygens (including phenoxy) is 2. The molecule has 28 heavy (non-hydrogen) atoms. The number of amides is 1. The van der Waals surface area contributed by atoms with Crippen molar-refractivity contribution in [3.8, 4) is 11.5 Å². The first-order valence-electron chi connectivity index (χ1n) is 9.75. The highest BCUT2D eigenvalue weighted by atomic mass is 16.5. The van der Waals surface area contributed by atoms with E-state index in [4.69, 9.17) is 9.47 Å². The zero-order valence-corrected chi connectivity index (χ0v) is 16.8. The average Bonchev–Trinajstić information content (AvgIpc) is 2.74. The van der Waals surface area contributed by atoms with Crippen molar-refractivity contribution in [2.75, 3.05) is 42.8 Å². The fourth-order valence-electron chi connectivity index (χ4n) is 3.40. The summed E-state index contributed by atoms with van der Waals surface area (Å²) in [5.74, 6) is 1.09. The van der Waals surface area contributed by atoms with Gasteiger partial charge in [-0.15, -0.1) is 0 Å². The summed E-state index contributed by atoms with van der Waals surface area (Å²) in [6.07, 6.45) is 3.84. The molecule has 2 aromatic rings. The van der Waals surface area contributed by atoms with E-state index in [1.807, 2.05) is 19.1 Å². The zero-order valence-electron chi connectivity index (χ0n) is 16.8. The van der Waals surface area contributed by atoms with Crippen LogP contribution in [0.5, 0.6) is 11.5 Å². The van der Waals surface area contributed by atoms with Crippen molar-refractivity contribution in [2.45, 2.75) is 32.2 Å². The lowest BCUT2D eigenvalue weighted by Crippen LogP contribution is -2.32. The predicted octanol–water partition coefficient (Wildman–Crippen LogP) is 4.13. The maximum Gasteiger partial charge on any atom is 0.246 e. The molecule has 3 rings (SSSR count). The van der Waals surface area contributed by atoms with E-state index in [1.165, 1.54) is 24.9 Å². The molecule has 0 radical (unpaired) electrons. The molecular formula is C22H29N3O3. The van der Waals surface area contributed by atoms with E-state index in [-0.39, 0.29) is 11.9 Å². The number of methoxy groups -OCH3 is 2. The number of hydrogen-bond acceptors (Lipinski definition) is 5. The molecule has 0 spiro atoms. The van der Waals surface area contributed by atoms with Gasteiger partial charge in [-0.1, -0.05) is 0 Å². The Balaban J connectivity index is 1.58. The van der Waals surface area contributed by atoms with Gasteiger partial charge in [0, 0.05) is 36.2 Å². The summed E-state index contributed by atoms with van der Waals surface area (Å²) in [4.78, 5) is 14.9. The van der Waals surface area contributed by atoms with Crippen molar-refractivity contribution in [3.63, 3.8) is 0 Å². The lowest BCUT2D eigenvalue weighted by Gasteiger charge is -2.29. The molecule has 6 heteroatoms. The third-order valence-corrected chi connectivity index (χ3v) is 5.02. The van der Waals surface area contributed by atoms with Crippen molar-refractivity contribution >= 4 is 23.0 Å². The molecule has 2 N–H and O–H groups in total. The molecule has 0 saturated carbocycles. The van der Waals surface area contributed by atoms with E-state index in [9.17, 15) is 4.79 Å². The minimum atomic E-state index is -0.381. The molecule has 0 bridgehead atoms. The van der Waals surface area contributed by atoms with Crippen LogP contribution in [0, 0.1) is 0 Å². The molecule has 1 atom stereocenters. The van der Waals surface area contributed by atoms with E-state index in [0.29, 0.717) is 17.2 Å². The monoisotopic (exact) mass is 383 g/mol. The van der Waals surface area contributed by atoms with Crippen LogP contribution in [0.2, 0.25) is 0 Å². The van der Waals surface area contributed by atoms with Crippen LogP contribution in [-0.2, 0) is 4.79 Å². The lowest BCUT2D eigenvalue weighted by atomic mass is 10.1. The Morgan fingerprint density at radius 3 is 2.21 bits per heavy atom. The predicted molar refractivity (Wildman–Crippen MR) is 114 cm³/mol. The maximum atomic E-state index is 12.5. The van der Waals surface area contributed by atoms with Crippen LogP contribution < -0.4 is 25.0 Å². The van der Waals surface area contributed by atoms with Gasteiger partial charge in [0.05, 0.1) is 14.2 Å². The number of rotatable bonds is 7. The van der Waals surface area contributed by atoms with Gasteiger partial charge in [0.1, 0.15) is 6.04 Å². The molecule has 150 valence electrons. The Morgan fingerprint density at radius 1 is 0.929 bits per heavy atom. The minimum absolute atomic E-state index is 0.118. The lowest BCUT2D eigenvalue weighted by molar-refractivity contribution is -0.116. The van der Waals surface area contributed by atoms with Crippen LogP contribution in [0.4, 0.5) is 17.1 Å². The Labute approximate surface area is 166 Å². The molecule has 6 nitrogen and oxygen atoms in total. The smallest absolute Gasteiger partial charge is 0.246 e. The second kappa shape index (κ2) is 9.35. The van der Waals surface area contributed by atoms with Crippen LogP contribution in [0.1, 0.15) is 26.2 Å². The van der Waals surface area contributed by atoms with Crippen molar-refractivity contribution in [2.24, 2.45) is 0 Å². The number of nitrogens with one attached hydrogen (secondary N) is 2. The van der Waals surface area contributed by atoms with Crippen molar-refractivity contribution in [1.29, 1.82) is 0 Å². The molecule has 1 aliphatic rings. The topological polar surface area (TPSA) is 62.8 Å². The Morgan fingerprint density at radius 2 is 1.57 bits per heavy atom.